The highest BCUT2D eigenvalue weighted by Crippen LogP contribution is 2.16. The Hall–Kier alpha value is -2.46. The molecule has 4 heteroatoms. The van der Waals surface area contributed by atoms with Crippen molar-refractivity contribution < 1.29 is 14.6 Å². The van der Waals surface area contributed by atoms with E-state index in [1.807, 2.05) is 6.07 Å². The van der Waals surface area contributed by atoms with Crippen molar-refractivity contribution >= 4 is 5.97 Å². The van der Waals surface area contributed by atoms with Crippen LogP contribution in [0.4, 0.5) is 0 Å². The first-order chi connectivity index (χ1) is 7.67. The summed E-state index contributed by atoms with van der Waals surface area (Å²) in [6.07, 6.45) is 0. The van der Waals surface area contributed by atoms with Gasteiger partial charge in [0, 0.05) is 5.92 Å². The quantitative estimate of drug-likeness (QED) is 0.564. The van der Waals surface area contributed by atoms with Crippen molar-refractivity contribution in [2.24, 2.45) is 0 Å². The standard InChI is InChI=1S/C12H9NO3/c1-2-16-12(15)6-4-10-7-9(8-13)3-5-11(10)14/h3,5,7,14H,2H2,1H3. The highest BCUT2D eigenvalue weighted by atomic mass is 16.5. The summed E-state index contributed by atoms with van der Waals surface area (Å²) in [5.41, 5.74) is 0.595. The number of phenols is 1. The molecule has 80 valence electrons. The zero-order chi connectivity index (χ0) is 12.0. The van der Waals surface area contributed by atoms with Crippen LogP contribution >= 0.6 is 0 Å². The van der Waals surface area contributed by atoms with Gasteiger partial charge in [-0.3, -0.25) is 0 Å². The van der Waals surface area contributed by atoms with Gasteiger partial charge in [0.15, 0.2) is 0 Å². The van der Waals surface area contributed by atoms with Crippen LogP contribution in [0.15, 0.2) is 18.2 Å². The first kappa shape index (κ1) is 11.6. The van der Waals surface area contributed by atoms with Crippen LogP contribution in [0.1, 0.15) is 18.1 Å². The average Bonchev–Trinajstić information content (AvgIpc) is 2.28. The lowest BCUT2D eigenvalue weighted by Gasteiger charge is -1.96. The van der Waals surface area contributed by atoms with Crippen LogP contribution in [0, 0.1) is 23.2 Å². The Morgan fingerprint density at radius 2 is 2.31 bits per heavy atom. The number of esters is 1. The summed E-state index contributed by atoms with van der Waals surface area (Å²) in [5.74, 6) is 3.92. The Morgan fingerprint density at radius 3 is 2.94 bits per heavy atom. The van der Waals surface area contributed by atoms with Gasteiger partial charge in [-0.1, -0.05) is 5.92 Å². The van der Waals surface area contributed by atoms with Gasteiger partial charge in [-0.2, -0.15) is 5.26 Å². The second kappa shape index (κ2) is 5.43. The van der Waals surface area contributed by atoms with Crippen molar-refractivity contribution in [2.75, 3.05) is 6.61 Å². The average molecular weight is 215 g/mol. The summed E-state index contributed by atoms with van der Waals surface area (Å²) in [6.45, 7) is 1.92. The molecule has 0 heterocycles. The van der Waals surface area contributed by atoms with Crippen molar-refractivity contribution in [3.05, 3.63) is 29.3 Å². The van der Waals surface area contributed by atoms with Gasteiger partial charge >= 0.3 is 5.97 Å². The highest BCUT2D eigenvalue weighted by molar-refractivity contribution is 5.89. The van der Waals surface area contributed by atoms with E-state index in [-0.39, 0.29) is 17.9 Å². The number of nitriles is 1. The van der Waals surface area contributed by atoms with E-state index in [2.05, 4.69) is 16.6 Å². The minimum absolute atomic E-state index is 0.0733. The number of nitrogens with zero attached hydrogens (tertiary/aromatic N) is 1. The Morgan fingerprint density at radius 1 is 1.56 bits per heavy atom. The molecule has 0 saturated carbocycles. The van der Waals surface area contributed by atoms with E-state index in [1.54, 1.807) is 6.92 Å². The molecule has 0 radical (unpaired) electrons. The van der Waals surface area contributed by atoms with Gasteiger partial charge in [-0.15, -0.1) is 0 Å². The van der Waals surface area contributed by atoms with Crippen molar-refractivity contribution in [3.8, 4) is 23.7 Å². The molecule has 0 spiro atoms. The Balaban J connectivity index is 2.96. The number of carbonyl (C=O) groups is 1. The molecule has 0 bridgehead atoms. The van der Waals surface area contributed by atoms with Crippen LogP contribution in [0.25, 0.3) is 0 Å². The van der Waals surface area contributed by atoms with Gasteiger partial charge < -0.3 is 9.84 Å². The Bertz CT molecular complexity index is 503. The zero-order valence-corrected chi connectivity index (χ0v) is 8.65. The molecule has 0 saturated heterocycles. The van der Waals surface area contributed by atoms with E-state index >= 15 is 0 Å². The summed E-state index contributed by atoms with van der Waals surface area (Å²) >= 11 is 0. The number of phenolic OH excluding ortho intramolecular Hbond substituents is 1. The summed E-state index contributed by atoms with van der Waals surface area (Å²) in [5, 5.41) is 18.1. The lowest BCUT2D eigenvalue weighted by atomic mass is 10.1. The molecule has 4 nitrogen and oxygen atoms in total. The SMILES string of the molecule is CCOC(=O)C#Cc1cc(C#N)ccc1O. The van der Waals surface area contributed by atoms with E-state index in [0.717, 1.165) is 0 Å². The van der Waals surface area contributed by atoms with Crippen molar-refractivity contribution in [2.45, 2.75) is 6.92 Å². The summed E-state index contributed by atoms with van der Waals surface area (Å²) in [6, 6.07) is 6.13. The fourth-order valence-electron chi connectivity index (χ4n) is 0.991. The molecule has 0 aliphatic carbocycles. The normalized spacial score (nSPS) is 8.50. The van der Waals surface area contributed by atoms with Gasteiger partial charge in [0.2, 0.25) is 0 Å². The third-order valence-electron chi connectivity index (χ3n) is 1.70. The van der Waals surface area contributed by atoms with E-state index in [4.69, 9.17) is 5.26 Å². The maximum Gasteiger partial charge on any atom is 0.384 e. The number of hydrogen-bond acceptors (Lipinski definition) is 4. The van der Waals surface area contributed by atoms with Crippen molar-refractivity contribution in [1.82, 2.24) is 0 Å². The molecule has 0 aliphatic rings. The van der Waals surface area contributed by atoms with Crippen LogP contribution in [-0.4, -0.2) is 17.7 Å². The second-order valence-electron chi connectivity index (χ2n) is 2.81. The van der Waals surface area contributed by atoms with Crippen molar-refractivity contribution in [3.63, 3.8) is 0 Å². The van der Waals surface area contributed by atoms with Gasteiger partial charge in [0.05, 0.1) is 23.8 Å². The fourth-order valence-corrected chi connectivity index (χ4v) is 0.991. The van der Waals surface area contributed by atoms with Crippen LogP contribution in [0.5, 0.6) is 5.75 Å². The minimum Gasteiger partial charge on any atom is -0.507 e. The first-order valence-electron chi connectivity index (χ1n) is 4.59. The monoisotopic (exact) mass is 215 g/mol. The number of ether oxygens (including phenoxy) is 1. The van der Waals surface area contributed by atoms with Crippen molar-refractivity contribution in [1.29, 1.82) is 5.26 Å². The topological polar surface area (TPSA) is 70.3 Å². The number of aromatic hydroxyl groups is 1. The molecule has 0 aliphatic heterocycles. The minimum atomic E-state index is -0.663. The lowest BCUT2D eigenvalue weighted by molar-refractivity contribution is -0.136. The number of rotatable bonds is 1. The molecule has 1 N–H and O–H groups in total. The van der Waals surface area contributed by atoms with Crippen LogP contribution in [0.2, 0.25) is 0 Å². The van der Waals surface area contributed by atoms with Crippen LogP contribution in [-0.2, 0) is 9.53 Å². The maximum atomic E-state index is 10.9. The molecular weight excluding hydrogens is 206 g/mol. The predicted molar refractivity (Wildman–Crippen MR) is 56.3 cm³/mol. The summed E-state index contributed by atoms with van der Waals surface area (Å²) < 4.78 is 4.60. The van der Waals surface area contributed by atoms with Crippen LogP contribution in [0.3, 0.4) is 0 Å². The second-order valence-corrected chi connectivity index (χ2v) is 2.81. The fraction of sp³-hybridized carbons (Fsp3) is 0.167. The third-order valence-corrected chi connectivity index (χ3v) is 1.70. The third kappa shape index (κ3) is 3.04. The van der Waals surface area contributed by atoms with E-state index in [0.29, 0.717) is 5.56 Å². The predicted octanol–water partition coefficient (Wildman–Crippen LogP) is 1.18. The number of carbonyl (C=O) groups excluding carboxylic acids is 1. The zero-order valence-electron chi connectivity index (χ0n) is 8.65. The number of hydrogen-bond donors (Lipinski definition) is 1. The molecule has 1 aromatic rings. The number of benzene rings is 1. The van der Waals surface area contributed by atoms with Gasteiger partial charge in [0.1, 0.15) is 5.75 Å². The first-order valence-corrected chi connectivity index (χ1v) is 4.59. The molecule has 0 aromatic heterocycles. The van der Waals surface area contributed by atoms with Crippen LogP contribution < -0.4 is 0 Å². The molecular formula is C12H9NO3. The van der Waals surface area contributed by atoms with Gasteiger partial charge in [-0.25, -0.2) is 4.79 Å². The van der Waals surface area contributed by atoms with E-state index in [1.165, 1.54) is 18.2 Å². The molecule has 0 fully saturated rings. The van der Waals surface area contributed by atoms with E-state index < -0.39 is 5.97 Å². The smallest absolute Gasteiger partial charge is 0.384 e. The molecule has 0 unspecified atom stereocenters. The molecule has 0 atom stereocenters. The molecule has 1 rings (SSSR count). The highest BCUT2D eigenvalue weighted by Gasteiger charge is 2.00. The van der Waals surface area contributed by atoms with Gasteiger partial charge in [-0.05, 0) is 25.1 Å². The Labute approximate surface area is 93.1 Å². The molecule has 1 aromatic carbocycles. The molecule has 16 heavy (non-hydrogen) atoms. The van der Waals surface area contributed by atoms with Gasteiger partial charge in [0.25, 0.3) is 0 Å². The molecule has 0 amide bonds. The largest absolute Gasteiger partial charge is 0.507 e. The summed E-state index contributed by atoms with van der Waals surface area (Å²) in [7, 11) is 0. The maximum absolute atomic E-state index is 10.9. The lowest BCUT2D eigenvalue weighted by Crippen LogP contribution is -1.99. The summed E-state index contributed by atoms with van der Waals surface area (Å²) in [4.78, 5) is 10.9. The van der Waals surface area contributed by atoms with E-state index in [9.17, 15) is 9.90 Å². The Kier molecular flexibility index (Phi) is 3.94.